The van der Waals surface area contributed by atoms with Crippen molar-refractivity contribution in [3.63, 3.8) is 0 Å². The summed E-state index contributed by atoms with van der Waals surface area (Å²) in [4.78, 5) is 22.2. The topological polar surface area (TPSA) is 36.9 Å². The number of hydrogen-bond acceptors (Lipinski definition) is 4. The van der Waals surface area contributed by atoms with Gasteiger partial charge in [-0.05, 0) is 48.0 Å². The van der Waals surface area contributed by atoms with Crippen LogP contribution in [0.5, 0.6) is 0 Å². The first-order valence-electron chi connectivity index (χ1n) is 7.77. The van der Waals surface area contributed by atoms with Crippen LogP contribution < -0.4 is 0 Å². The Morgan fingerprint density at radius 2 is 1.10 bits per heavy atom. The average molecular weight is 290 g/mol. The third-order valence-electron chi connectivity index (χ3n) is 2.59. The van der Waals surface area contributed by atoms with E-state index in [9.17, 15) is 0 Å². The molecule has 0 spiro atoms. The SMILES string of the molecule is CCCCCC(CC)(OOC(C)(C)C)OOC(C)(C)C. The van der Waals surface area contributed by atoms with Crippen LogP contribution in [0.4, 0.5) is 0 Å². The lowest BCUT2D eigenvalue weighted by molar-refractivity contribution is -0.543. The van der Waals surface area contributed by atoms with Gasteiger partial charge in [-0.3, -0.25) is 0 Å². The summed E-state index contributed by atoms with van der Waals surface area (Å²) in [6.07, 6.45) is 4.73. The first kappa shape index (κ1) is 19.8. The Balaban J connectivity index is 4.68. The van der Waals surface area contributed by atoms with Gasteiger partial charge in [0.1, 0.15) is 0 Å². The molecule has 0 rings (SSSR count). The zero-order valence-corrected chi connectivity index (χ0v) is 14.7. The maximum absolute atomic E-state index is 5.64. The van der Waals surface area contributed by atoms with Crippen LogP contribution in [-0.4, -0.2) is 17.0 Å². The lowest BCUT2D eigenvalue weighted by Crippen LogP contribution is -2.40. The number of hydrogen-bond donors (Lipinski definition) is 0. The monoisotopic (exact) mass is 290 g/mol. The maximum Gasteiger partial charge on any atom is 0.233 e. The second-order valence-electron chi connectivity index (χ2n) is 7.28. The molecular weight excluding hydrogens is 256 g/mol. The molecule has 0 saturated carbocycles. The van der Waals surface area contributed by atoms with Gasteiger partial charge < -0.3 is 0 Å². The van der Waals surface area contributed by atoms with E-state index in [2.05, 4.69) is 6.92 Å². The van der Waals surface area contributed by atoms with E-state index in [4.69, 9.17) is 19.6 Å². The molecule has 0 aromatic heterocycles. The minimum Gasteiger partial charge on any atom is -0.228 e. The molecule has 0 saturated heterocycles. The second-order valence-corrected chi connectivity index (χ2v) is 7.28. The lowest BCUT2D eigenvalue weighted by Gasteiger charge is -2.34. The van der Waals surface area contributed by atoms with Crippen molar-refractivity contribution in [2.24, 2.45) is 0 Å². The van der Waals surface area contributed by atoms with Crippen LogP contribution in [0, 0.1) is 0 Å². The fourth-order valence-corrected chi connectivity index (χ4v) is 1.44. The minimum atomic E-state index is -0.838. The Labute approximate surface area is 125 Å². The Hall–Kier alpha value is -0.160. The van der Waals surface area contributed by atoms with Gasteiger partial charge in [0.25, 0.3) is 0 Å². The van der Waals surface area contributed by atoms with Gasteiger partial charge in [0.15, 0.2) is 0 Å². The van der Waals surface area contributed by atoms with Crippen molar-refractivity contribution in [1.82, 2.24) is 0 Å². The summed E-state index contributed by atoms with van der Waals surface area (Å²) in [5.41, 5.74) is -0.757. The van der Waals surface area contributed by atoms with Gasteiger partial charge in [-0.25, -0.2) is 9.78 Å². The van der Waals surface area contributed by atoms with Crippen LogP contribution in [0.3, 0.4) is 0 Å². The van der Waals surface area contributed by atoms with Crippen LogP contribution >= 0.6 is 0 Å². The molecular formula is C16H34O4. The fraction of sp³-hybridized carbons (Fsp3) is 1.00. The average Bonchev–Trinajstić information content (AvgIpc) is 2.30. The van der Waals surface area contributed by atoms with Gasteiger partial charge in [-0.2, -0.15) is 9.78 Å². The van der Waals surface area contributed by atoms with Crippen LogP contribution in [0.15, 0.2) is 0 Å². The van der Waals surface area contributed by atoms with Gasteiger partial charge in [-0.1, -0.05) is 26.7 Å². The van der Waals surface area contributed by atoms with Gasteiger partial charge in [0, 0.05) is 12.8 Å². The standard InChI is InChI=1S/C16H34O4/c1-9-11-12-13-16(10-2,19-17-14(3,4)5)20-18-15(6,7)8/h9-13H2,1-8H3. The Bertz CT molecular complexity index is 232. The predicted octanol–water partition coefficient (Wildman–Crippen LogP) is 5.17. The third kappa shape index (κ3) is 9.70. The number of rotatable bonds is 9. The Kier molecular flexibility index (Phi) is 8.26. The van der Waals surface area contributed by atoms with Crippen LogP contribution in [0.2, 0.25) is 0 Å². The summed E-state index contributed by atoms with van der Waals surface area (Å²) in [6, 6.07) is 0. The lowest BCUT2D eigenvalue weighted by atomic mass is 10.1. The molecule has 0 N–H and O–H groups in total. The first-order chi connectivity index (χ1) is 9.04. The predicted molar refractivity (Wildman–Crippen MR) is 81.0 cm³/mol. The van der Waals surface area contributed by atoms with E-state index in [0.29, 0.717) is 6.42 Å². The molecule has 0 bridgehead atoms. The van der Waals surface area contributed by atoms with Crippen molar-refractivity contribution < 1.29 is 19.6 Å². The summed E-state index contributed by atoms with van der Waals surface area (Å²) in [5.74, 6) is -0.838. The Morgan fingerprint density at radius 3 is 1.40 bits per heavy atom. The van der Waals surface area contributed by atoms with Crippen molar-refractivity contribution >= 4 is 0 Å². The second kappa shape index (κ2) is 8.32. The molecule has 4 heteroatoms. The summed E-state index contributed by atoms with van der Waals surface area (Å²) in [5, 5.41) is 0. The van der Waals surface area contributed by atoms with Crippen molar-refractivity contribution in [3.8, 4) is 0 Å². The highest BCUT2D eigenvalue weighted by Crippen LogP contribution is 2.30. The van der Waals surface area contributed by atoms with Crippen LogP contribution in [-0.2, 0) is 19.6 Å². The summed E-state index contributed by atoms with van der Waals surface area (Å²) >= 11 is 0. The molecule has 0 heterocycles. The van der Waals surface area contributed by atoms with Gasteiger partial charge in [0.2, 0.25) is 5.79 Å². The molecule has 20 heavy (non-hydrogen) atoms. The van der Waals surface area contributed by atoms with Crippen molar-refractivity contribution in [3.05, 3.63) is 0 Å². The molecule has 0 aromatic carbocycles. The third-order valence-corrected chi connectivity index (χ3v) is 2.59. The van der Waals surface area contributed by atoms with E-state index >= 15 is 0 Å². The highest BCUT2D eigenvalue weighted by Gasteiger charge is 2.36. The van der Waals surface area contributed by atoms with E-state index in [1.165, 1.54) is 0 Å². The molecule has 0 aliphatic rings. The van der Waals surface area contributed by atoms with E-state index in [1.807, 2.05) is 48.5 Å². The van der Waals surface area contributed by atoms with E-state index in [1.54, 1.807) is 0 Å². The summed E-state index contributed by atoms with van der Waals surface area (Å²) in [7, 11) is 0. The van der Waals surface area contributed by atoms with E-state index in [-0.39, 0.29) is 11.2 Å². The quantitative estimate of drug-likeness (QED) is 0.254. The molecule has 0 aromatic rings. The normalized spacial score (nSPS) is 13.8. The first-order valence-corrected chi connectivity index (χ1v) is 7.77. The van der Waals surface area contributed by atoms with Crippen molar-refractivity contribution in [2.75, 3.05) is 0 Å². The molecule has 0 aliphatic carbocycles. The zero-order valence-electron chi connectivity index (χ0n) is 14.7. The molecule has 0 unspecified atom stereocenters. The van der Waals surface area contributed by atoms with Gasteiger partial charge in [-0.15, -0.1) is 0 Å². The van der Waals surface area contributed by atoms with Gasteiger partial charge >= 0.3 is 0 Å². The molecule has 0 fully saturated rings. The fourth-order valence-electron chi connectivity index (χ4n) is 1.44. The smallest absolute Gasteiger partial charge is 0.228 e. The van der Waals surface area contributed by atoms with E-state index < -0.39 is 5.79 Å². The van der Waals surface area contributed by atoms with Gasteiger partial charge in [0.05, 0.1) is 11.2 Å². The summed E-state index contributed by atoms with van der Waals surface area (Å²) in [6.45, 7) is 15.9. The molecule has 122 valence electrons. The van der Waals surface area contributed by atoms with E-state index in [0.717, 1.165) is 25.7 Å². The highest BCUT2D eigenvalue weighted by molar-refractivity contribution is 4.67. The minimum absolute atomic E-state index is 0.379. The Morgan fingerprint density at radius 1 is 0.650 bits per heavy atom. The molecule has 0 atom stereocenters. The molecule has 4 nitrogen and oxygen atoms in total. The molecule has 0 amide bonds. The van der Waals surface area contributed by atoms with Crippen molar-refractivity contribution in [1.29, 1.82) is 0 Å². The zero-order chi connectivity index (χ0) is 15.9. The maximum atomic E-state index is 5.64. The number of unbranched alkanes of at least 4 members (excludes halogenated alkanes) is 2. The van der Waals surface area contributed by atoms with Crippen molar-refractivity contribution in [2.45, 2.75) is 104 Å². The summed E-state index contributed by atoms with van der Waals surface area (Å²) < 4.78 is 0. The highest BCUT2D eigenvalue weighted by atomic mass is 17.3. The molecule has 0 aliphatic heterocycles. The molecule has 0 radical (unpaired) electrons. The van der Waals surface area contributed by atoms with Crippen LogP contribution in [0.25, 0.3) is 0 Å². The van der Waals surface area contributed by atoms with Crippen LogP contribution in [0.1, 0.15) is 87.5 Å². The largest absolute Gasteiger partial charge is 0.233 e.